The van der Waals surface area contributed by atoms with E-state index in [0.717, 1.165) is 11.1 Å². The highest BCUT2D eigenvalue weighted by atomic mass is 16.5. The van der Waals surface area contributed by atoms with Crippen LogP contribution in [0.1, 0.15) is 33.5 Å². The monoisotopic (exact) mass is 355 g/mol. The molecule has 0 spiro atoms. The Kier molecular flexibility index (Phi) is 4.95. The number of nitrogens with zero attached hydrogens (tertiary/aromatic N) is 1. The Morgan fingerprint density at radius 1 is 1.19 bits per heavy atom. The minimum atomic E-state index is -0.684. The number of amides is 1. The van der Waals surface area contributed by atoms with Gasteiger partial charge in [0.1, 0.15) is 5.76 Å². The van der Waals surface area contributed by atoms with Gasteiger partial charge in [0, 0.05) is 13.7 Å². The first-order valence-corrected chi connectivity index (χ1v) is 8.34. The zero-order valence-corrected chi connectivity index (χ0v) is 15.0. The number of benzene rings is 1. The molecule has 1 aromatic heterocycles. The van der Waals surface area contributed by atoms with Crippen LogP contribution in [0.5, 0.6) is 0 Å². The summed E-state index contributed by atoms with van der Waals surface area (Å²) >= 11 is 0. The Morgan fingerprint density at radius 3 is 2.46 bits per heavy atom. The number of ether oxygens (including phenoxy) is 1. The van der Waals surface area contributed by atoms with Crippen LogP contribution >= 0.6 is 0 Å². The van der Waals surface area contributed by atoms with Gasteiger partial charge in [0.25, 0.3) is 5.91 Å². The largest absolute Gasteiger partial charge is 0.503 e. The number of Topliss-reactive ketones (excluding diaryl/α,β-unsaturated/α-hetero) is 1. The highest BCUT2D eigenvalue weighted by Crippen LogP contribution is 2.39. The predicted molar refractivity (Wildman–Crippen MR) is 94.9 cm³/mol. The van der Waals surface area contributed by atoms with Crippen LogP contribution in [0.15, 0.2) is 52.1 Å². The van der Waals surface area contributed by atoms with Crippen molar-refractivity contribution in [2.45, 2.75) is 19.9 Å². The first kappa shape index (κ1) is 17.9. The molecule has 0 saturated heterocycles. The lowest BCUT2D eigenvalue weighted by Gasteiger charge is -2.26. The fourth-order valence-electron chi connectivity index (χ4n) is 3.09. The van der Waals surface area contributed by atoms with Crippen molar-refractivity contribution in [3.8, 4) is 0 Å². The summed E-state index contributed by atoms with van der Waals surface area (Å²) in [6.45, 7) is 4.24. The van der Waals surface area contributed by atoms with Crippen LogP contribution in [0.4, 0.5) is 0 Å². The van der Waals surface area contributed by atoms with Gasteiger partial charge >= 0.3 is 0 Å². The second kappa shape index (κ2) is 7.17. The summed E-state index contributed by atoms with van der Waals surface area (Å²) in [4.78, 5) is 27.0. The molecule has 1 amide bonds. The van der Waals surface area contributed by atoms with Crippen molar-refractivity contribution >= 4 is 11.7 Å². The summed E-state index contributed by atoms with van der Waals surface area (Å²) in [6, 6.07) is 10.1. The zero-order valence-electron chi connectivity index (χ0n) is 15.0. The summed E-state index contributed by atoms with van der Waals surface area (Å²) in [5, 5.41) is 10.4. The molecular weight excluding hydrogens is 334 g/mol. The van der Waals surface area contributed by atoms with E-state index in [1.165, 1.54) is 12.0 Å². The molecule has 6 heteroatoms. The number of aliphatic hydroxyl groups is 1. The van der Waals surface area contributed by atoms with Gasteiger partial charge in [-0.2, -0.15) is 0 Å². The predicted octanol–water partition coefficient (Wildman–Crippen LogP) is 3.12. The van der Waals surface area contributed by atoms with Crippen molar-refractivity contribution in [2.75, 3.05) is 20.3 Å². The molecule has 0 fully saturated rings. The number of furan rings is 1. The number of methoxy groups -OCH3 is 1. The van der Waals surface area contributed by atoms with Crippen molar-refractivity contribution in [1.29, 1.82) is 0 Å². The minimum Gasteiger partial charge on any atom is -0.503 e. The summed E-state index contributed by atoms with van der Waals surface area (Å²) in [6.07, 6.45) is 0. The maximum absolute atomic E-state index is 13.0. The van der Waals surface area contributed by atoms with E-state index in [1.807, 2.05) is 31.2 Å². The molecule has 1 aliphatic rings. The number of aryl methyl sites for hydroxylation is 2. The number of hydrogen-bond acceptors (Lipinski definition) is 5. The third kappa shape index (κ3) is 3.15. The average molecular weight is 355 g/mol. The number of aliphatic hydroxyl groups excluding tert-OH is 1. The molecule has 1 atom stereocenters. The van der Waals surface area contributed by atoms with E-state index in [-0.39, 0.29) is 17.9 Å². The Bertz CT molecular complexity index is 863. The normalized spacial score (nSPS) is 17.3. The number of carbonyl (C=O) groups is 2. The topological polar surface area (TPSA) is 80.0 Å². The van der Waals surface area contributed by atoms with E-state index in [0.29, 0.717) is 12.4 Å². The van der Waals surface area contributed by atoms with Gasteiger partial charge in [-0.1, -0.05) is 29.8 Å². The minimum absolute atomic E-state index is 0.0318. The van der Waals surface area contributed by atoms with E-state index in [9.17, 15) is 14.7 Å². The first-order valence-electron chi connectivity index (χ1n) is 8.34. The third-order valence-corrected chi connectivity index (χ3v) is 4.44. The molecule has 0 unspecified atom stereocenters. The number of hydrogen-bond donors (Lipinski definition) is 1. The van der Waals surface area contributed by atoms with Crippen LogP contribution in [-0.2, 0) is 9.53 Å². The van der Waals surface area contributed by atoms with Crippen molar-refractivity contribution in [1.82, 2.24) is 4.90 Å². The van der Waals surface area contributed by atoms with Gasteiger partial charge in [-0.25, -0.2) is 0 Å². The summed E-state index contributed by atoms with van der Waals surface area (Å²) in [5.41, 5.74) is 1.84. The van der Waals surface area contributed by atoms with E-state index in [4.69, 9.17) is 9.15 Å². The highest BCUT2D eigenvalue weighted by molar-refractivity contribution is 6.15. The Morgan fingerprint density at radius 2 is 1.88 bits per heavy atom. The van der Waals surface area contributed by atoms with Crippen molar-refractivity contribution in [2.24, 2.45) is 0 Å². The van der Waals surface area contributed by atoms with Crippen LogP contribution in [0, 0.1) is 13.8 Å². The van der Waals surface area contributed by atoms with Gasteiger partial charge in [-0.15, -0.1) is 0 Å². The average Bonchev–Trinajstić information content (AvgIpc) is 3.16. The number of carbonyl (C=O) groups excluding carboxylic acids is 2. The Hall–Kier alpha value is -2.86. The molecule has 0 saturated carbocycles. The molecule has 0 radical (unpaired) electrons. The molecule has 1 aliphatic heterocycles. The van der Waals surface area contributed by atoms with E-state index < -0.39 is 23.5 Å². The summed E-state index contributed by atoms with van der Waals surface area (Å²) < 4.78 is 10.5. The second-order valence-electron chi connectivity index (χ2n) is 6.31. The second-order valence-corrected chi connectivity index (χ2v) is 6.31. The molecule has 6 nitrogen and oxygen atoms in total. The van der Waals surface area contributed by atoms with Crippen LogP contribution in [0.3, 0.4) is 0 Å². The molecular formula is C20H21NO5. The molecule has 1 aromatic carbocycles. The molecule has 3 rings (SSSR count). The van der Waals surface area contributed by atoms with Crippen LogP contribution < -0.4 is 0 Å². The van der Waals surface area contributed by atoms with Crippen LogP contribution in [0.2, 0.25) is 0 Å². The standard InChI is InChI=1S/C20H21NO5/c1-12-4-7-14(8-5-12)17-16(18(22)15-9-6-13(2)26-15)19(23)20(24)21(17)10-11-25-3/h4-9,17,23H,10-11H2,1-3H3/t17-/m1/s1. The smallest absolute Gasteiger partial charge is 0.290 e. The first-order chi connectivity index (χ1) is 12.4. The lowest BCUT2D eigenvalue weighted by atomic mass is 9.94. The highest BCUT2D eigenvalue weighted by Gasteiger charge is 2.44. The molecule has 1 N–H and O–H groups in total. The van der Waals surface area contributed by atoms with Gasteiger partial charge in [-0.05, 0) is 31.5 Å². The summed E-state index contributed by atoms with van der Waals surface area (Å²) in [7, 11) is 1.53. The van der Waals surface area contributed by atoms with Crippen molar-refractivity contribution in [3.63, 3.8) is 0 Å². The maximum atomic E-state index is 13.0. The molecule has 136 valence electrons. The molecule has 0 aliphatic carbocycles. The van der Waals surface area contributed by atoms with Crippen LogP contribution in [-0.4, -0.2) is 42.0 Å². The fourth-order valence-corrected chi connectivity index (χ4v) is 3.09. The molecule has 0 bridgehead atoms. The number of ketones is 1. The Labute approximate surface area is 151 Å². The quantitative estimate of drug-likeness (QED) is 0.806. The molecule has 2 heterocycles. The zero-order chi connectivity index (χ0) is 18.8. The van der Waals surface area contributed by atoms with Gasteiger partial charge in [0.05, 0.1) is 18.2 Å². The third-order valence-electron chi connectivity index (χ3n) is 4.44. The summed E-state index contributed by atoms with van der Waals surface area (Å²) in [5.74, 6) is -0.928. The van der Waals surface area contributed by atoms with Crippen molar-refractivity contribution < 1.29 is 23.8 Å². The van der Waals surface area contributed by atoms with Crippen LogP contribution in [0.25, 0.3) is 0 Å². The van der Waals surface area contributed by atoms with Gasteiger partial charge < -0.3 is 19.2 Å². The van der Waals surface area contributed by atoms with Crippen molar-refractivity contribution in [3.05, 3.63) is 70.4 Å². The lowest BCUT2D eigenvalue weighted by molar-refractivity contribution is -0.130. The molecule has 2 aromatic rings. The van der Waals surface area contributed by atoms with Gasteiger partial charge in [-0.3, -0.25) is 9.59 Å². The van der Waals surface area contributed by atoms with E-state index in [1.54, 1.807) is 19.1 Å². The molecule has 26 heavy (non-hydrogen) atoms. The van der Waals surface area contributed by atoms with Gasteiger partial charge in [0.2, 0.25) is 5.78 Å². The fraction of sp³-hybridized carbons (Fsp3) is 0.300. The lowest BCUT2D eigenvalue weighted by Crippen LogP contribution is -2.34. The van der Waals surface area contributed by atoms with E-state index >= 15 is 0 Å². The number of rotatable bonds is 6. The SMILES string of the molecule is COCCN1C(=O)C(O)=C(C(=O)c2ccc(C)o2)[C@H]1c1ccc(C)cc1. The Balaban J connectivity index is 2.07. The van der Waals surface area contributed by atoms with E-state index in [2.05, 4.69) is 0 Å². The maximum Gasteiger partial charge on any atom is 0.290 e. The van der Waals surface area contributed by atoms with Gasteiger partial charge in [0.15, 0.2) is 11.5 Å².